The van der Waals surface area contributed by atoms with Crippen LogP contribution in [0.4, 0.5) is 0 Å². The molecule has 0 bridgehead atoms. The van der Waals surface area contributed by atoms with Crippen LogP contribution in [0.1, 0.15) is 45.1 Å². The highest BCUT2D eigenvalue weighted by molar-refractivity contribution is 5.81. The first-order valence-corrected chi connectivity index (χ1v) is 6.19. The number of ether oxygens (including phenoxy) is 1. The quantitative estimate of drug-likeness (QED) is 0.586. The molecule has 0 heterocycles. The van der Waals surface area contributed by atoms with Crippen LogP contribution in [0, 0.1) is 5.41 Å². The Morgan fingerprint density at radius 3 is 2.24 bits per heavy atom. The molecule has 2 atom stereocenters. The monoisotopic (exact) mass is 234 g/mol. The Bertz CT molecular complexity index is 359. The summed E-state index contributed by atoms with van der Waals surface area (Å²) in [5.74, 6) is 1.43. The minimum absolute atomic E-state index is 0.0819. The number of nitrogens with one attached hydrogen (secondary N) is 1. The molecule has 0 fully saturated rings. The fraction of sp³-hybridized carbons (Fsp3) is 0.500. The van der Waals surface area contributed by atoms with Crippen molar-refractivity contribution in [1.29, 1.82) is 5.41 Å². The minimum Gasteiger partial charge on any atom is -0.483 e. The summed E-state index contributed by atoms with van der Waals surface area (Å²) in [5.41, 5.74) is 6.77. The molecule has 3 nitrogen and oxygen atoms in total. The average molecular weight is 234 g/mol. The van der Waals surface area contributed by atoms with Crippen molar-refractivity contribution in [3.05, 3.63) is 29.8 Å². The summed E-state index contributed by atoms with van der Waals surface area (Å²) in [7, 11) is 0. The van der Waals surface area contributed by atoms with E-state index in [0.29, 0.717) is 12.3 Å². The zero-order chi connectivity index (χ0) is 12.8. The van der Waals surface area contributed by atoms with Crippen LogP contribution >= 0.6 is 0 Å². The van der Waals surface area contributed by atoms with Crippen molar-refractivity contribution < 1.29 is 4.74 Å². The normalized spacial score (nSPS) is 14.1. The van der Waals surface area contributed by atoms with Gasteiger partial charge in [-0.25, -0.2) is 0 Å². The second kappa shape index (κ2) is 6.28. The Morgan fingerprint density at radius 2 is 1.82 bits per heavy atom. The van der Waals surface area contributed by atoms with Gasteiger partial charge in [0.05, 0.1) is 0 Å². The van der Waals surface area contributed by atoms with E-state index in [-0.39, 0.29) is 11.9 Å². The lowest BCUT2D eigenvalue weighted by Crippen LogP contribution is -2.32. The average Bonchev–Trinajstić information content (AvgIpc) is 2.35. The fourth-order valence-electron chi connectivity index (χ4n) is 1.64. The minimum atomic E-state index is -0.315. The molecule has 3 N–H and O–H groups in total. The van der Waals surface area contributed by atoms with E-state index >= 15 is 0 Å². The highest BCUT2D eigenvalue weighted by atomic mass is 16.5. The molecule has 0 aliphatic heterocycles. The lowest BCUT2D eigenvalue weighted by molar-refractivity contribution is 0.260. The molecular formula is C14H22N2O. The molecule has 0 amide bonds. The standard InChI is InChI=1S/C14H22N2O/c1-4-10(3)11-6-8-12(9-7-11)17-13(5-2)14(15)16/h6-10,13H,4-5H2,1-3H3,(H3,15,16). The van der Waals surface area contributed by atoms with Gasteiger partial charge in [-0.15, -0.1) is 0 Å². The van der Waals surface area contributed by atoms with Crippen LogP contribution < -0.4 is 10.5 Å². The molecule has 0 aromatic heterocycles. The van der Waals surface area contributed by atoms with E-state index in [0.717, 1.165) is 12.2 Å². The van der Waals surface area contributed by atoms with Crippen molar-refractivity contribution in [2.75, 3.05) is 0 Å². The summed E-state index contributed by atoms with van der Waals surface area (Å²) in [4.78, 5) is 0. The molecule has 1 rings (SSSR count). The number of benzene rings is 1. The Labute approximate surface area is 103 Å². The molecule has 0 saturated carbocycles. The van der Waals surface area contributed by atoms with Crippen LogP contribution in [0.15, 0.2) is 24.3 Å². The van der Waals surface area contributed by atoms with Crippen molar-refractivity contribution in [1.82, 2.24) is 0 Å². The van der Waals surface area contributed by atoms with Gasteiger partial charge in [-0.05, 0) is 36.5 Å². The maximum atomic E-state index is 7.39. The summed E-state index contributed by atoms with van der Waals surface area (Å²) < 4.78 is 5.64. The second-order valence-corrected chi connectivity index (χ2v) is 4.35. The second-order valence-electron chi connectivity index (χ2n) is 4.35. The first kappa shape index (κ1) is 13.6. The van der Waals surface area contributed by atoms with Crippen LogP contribution in [-0.2, 0) is 0 Å². The van der Waals surface area contributed by atoms with Gasteiger partial charge in [-0.3, -0.25) is 5.41 Å². The van der Waals surface area contributed by atoms with Gasteiger partial charge in [-0.1, -0.05) is 32.9 Å². The number of nitrogens with two attached hydrogens (primary N) is 1. The van der Waals surface area contributed by atoms with E-state index in [1.807, 2.05) is 19.1 Å². The van der Waals surface area contributed by atoms with E-state index < -0.39 is 0 Å². The molecule has 1 aromatic carbocycles. The van der Waals surface area contributed by atoms with Gasteiger partial charge in [-0.2, -0.15) is 0 Å². The Kier molecular flexibility index (Phi) is 5.01. The topological polar surface area (TPSA) is 59.1 Å². The van der Waals surface area contributed by atoms with Crippen LogP contribution in [0.25, 0.3) is 0 Å². The van der Waals surface area contributed by atoms with Crippen LogP contribution in [0.5, 0.6) is 5.75 Å². The zero-order valence-corrected chi connectivity index (χ0v) is 10.9. The van der Waals surface area contributed by atoms with Gasteiger partial charge in [0.25, 0.3) is 0 Å². The van der Waals surface area contributed by atoms with Gasteiger partial charge < -0.3 is 10.5 Å². The van der Waals surface area contributed by atoms with Crippen molar-refractivity contribution in [3.63, 3.8) is 0 Å². The third-order valence-corrected chi connectivity index (χ3v) is 3.06. The van der Waals surface area contributed by atoms with Crippen molar-refractivity contribution in [2.45, 2.75) is 45.6 Å². The number of rotatable bonds is 6. The summed E-state index contributed by atoms with van der Waals surface area (Å²) in [5, 5.41) is 7.39. The Balaban J connectivity index is 2.71. The molecule has 0 aliphatic rings. The lowest BCUT2D eigenvalue weighted by atomic mass is 9.99. The molecule has 2 unspecified atom stereocenters. The Hall–Kier alpha value is -1.51. The molecule has 0 radical (unpaired) electrons. The Morgan fingerprint density at radius 1 is 1.24 bits per heavy atom. The molecule has 3 heteroatoms. The largest absolute Gasteiger partial charge is 0.483 e. The van der Waals surface area contributed by atoms with Crippen molar-refractivity contribution in [3.8, 4) is 5.75 Å². The predicted octanol–water partition coefficient (Wildman–Crippen LogP) is 3.29. The molecule has 0 spiro atoms. The maximum absolute atomic E-state index is 7.39. The number of amidine groups is 1. The van der Waals surface area contributed by atoms with E-state index in [2.05, 4.69) is 26.0 Å². The van der Waals surface area contributed by atoms with E-state index in [1.54, 1.807) is 0 Å². The molecule has 0 saturated heterocycles. The lowest BCUT2D eigenvalue weighted by Gasteiger charge is -2.16. The SMILES string of the molecule is CCC(Oc1ccc(C(C)CC)cc1)C(=N)N. The van der Waals surface area contributed by atoms with Crippen molar-refractivity contribution in [2.24, 2.45) is 5.73 Å². The van der Waals surface area contributed by atoms with Gasteiger partial charge in [0.15, 0.2) is 6.10 Å². The third-order valence-electron chi connectivity index (χ3n) is 3.06. The van der Waals surface area contributed by atoms with E-state index in [1.165, 1.54) is 5.56 Å². The fourth-order valence-corrected chi connectivity index (χ4v) is 1.64. The van der Waals surface area contributed by atoms with Gasteiger partial charge in [0.2, 0.25) is 0 Å². The van der Waals surface area contributed by atoms with Crippen LogP contribution in [0.2, 0.25) is 0 Å². The molecule has 17 heavy (non-hydrogen) atoms. The number of hydrogen-bond acceptors (Lipinski definition) is 2. The van der Waals surface area contributed by atoms with E-state index in [4.69, 9.17) is 15.9 Å². The van der Waals surface area contributed by atoms with Crippen LogP contribution in [0.3, 0.4) is 0 Å². The third kappa shape index (κ3) is 3.77. The first-order chi connectivity index (χ1) is 8.08. The van der Waals surface area contributed by atoms with Crippen molar-refractivity contribution >= 4 is 5.84 Å². The summed E-state index contributed by atoms with van der Waals surface area (Å²) in [6.07, 6.45) is 1.53. The van der Waals surface area contributed by atoms with E-state index in [9.17, 15) is 0 Å². The zero-order valence-electron chi connectivity index (χ0n) is 10.9. The molecule has 0 aliphatic carbocycles. The maximum Gasteiger partial charge on any atom is 0.155 e. The van der Waals surface area contributed by atoms with Crippen LogP contribution in [-0.4, -0.2) is 11.9 Å². The molecule has 1 aromatic rings. The highest BCUT2D eigenvalue weighted by Crippen LogP contribution is 2.22. The summed E-state index contributed by atoms with van der Waals surface area (Å²) >= 11 is 0. The summed E-state index contributed by atoms with van der Waals surface area (Å²) in [6, 6.07) is 8.06. The van der Waals surface area contributed by atoms with Gasteiger partial charge >= 0.3 is 0 Å². The first-order valence-electron chi connectivity index (χ1n) is 6.19. The predicted molar refractivity (Wildman–Crippen MR) is 71.8 cm³/mol. The summed E-state index contributed by atoms with van der Waals surface area (Å²) in [6.45, 7) is 6.35. The highest BCUT2D eigenvalue weighted by Gasteiger charge is 2.11. The molecular weight excluding hydrogens is 212 g/mol. The van der Waals surface area contributed by atoms with Gasteiger partial charge in [0.1, 0.15) is 11.6 Å². The smallest absolute Gasteiger partial charge is 0.155 e. The van der Waals surface area contributed by atoms with Gasteiger partial charge in [0, 0.05) is 0 Å². The number of hydrogen-bond donors (Lipinski definition) is 2. The molecule has 94 valence electrons.